The van der Waals surface area contributed by atoms with Gasteiger partial charge in [0.15, 0.2) is 6.10 Å². The smallest absolute Gasteiger partial charge is 0.368 e. The summed E-state index contributed by atoms with van der Waals surface area (Å²) in [6.45, 7) is -0.258. The van der Waals surface area contributed by atoms with Crippen LogP contribution >= 0.6 is 0 Å². The molecule has 1 aromatic rings. The van der Waals surface area contributed by atoms with Crippen molar-refractivity contribution in [1.82, 2.24) is 5.06 Å². The maximum Gasteiger partial charge on any atom is 0.415 e. The first-order valence-electron chi connectivity index (χ1n) is 6.68. The number of rotatable bonds is 2. The van der Waals surface area contributed by atoms with Crippen LogP contribution in [0.2, 0.25) is 0 Å². The zero-order valence-corrected chi connectivity index (χ0v) is 11.5. The predicted molar refractivity (Wildman–Crippen MR) is 66.9 cm³/mol. The molecule has 2 atom stereocenters. The maximum absolute atomic E-state index is 12.8. The predicted octanol–water partition coefficient (Wildman–Crippen LogP) is 1.71. The number of imide groups is 1. The van der Waals surface area contributed by atoms with Gasteiger partial charge < -0.3 is 9.57 Å². The highest BCUT2D eigenvalue weighted by Crippen LogP contribution is 2.36. The highest BCUT2D eigenvalue weighted by Gasteiger charge is 2.53. The second kappa shape index (κ2) is 5.34. The van der Waals surface area contributed by atoms with E-state index in [9.17, 15) is 27.6 Å². The summed E-state index contributed by atoms with van der Waals surface area (Å²) in [6.07, 6.45) is -7.24. The molecular weight excluding hydrogens is 319 g/mol. The lowest BCUT2D eigenvalue weighted by atomic mass is 10.0. The zero-order chi connectivity index (χ0) is 16.8. The summed E-state index contributed by atoms with van der Waals surface area (Å²) in [7, 11) is 0. The summed E-state index contributed by atoms with van der Waals surface area (Å²) >= 11 is 0. The van der Waals surface area contributed by atoms with Crippen molar-refractivity contribution < 1.29 is 37.1 Å². The minimum atomic E-state index is -4.73. The monoisotopic (exact) mass is 329 g/mol. The first-order chi connectivity index (χ1) is 10.8. The van der Waals surface area contributed by atoms with Crippen molar-refractivity contribution in [3.8, 4) is 0 Å². The van der Waals surface area contributed by atoms with E-state index in [1.54, 1.807) is 0 Å². The average Bonchev–Trinajstić information content (AvgIpc) is 3.08. The Hall–Kier alpha value is -2.42. The molecule has 1 aromatic carbocycles. The Morgan fingerprint density at radius 1 is 1.17 bits per heavy atom. The summed E-state index contributed by atoms with van der Waals surface area (Å²) in [5.41, 5.74) is 0.0562. The lowest BCUT2D eigenvalue weighted by Crippen LogP contribution is -2.41. The van der Waals surface area contributed by atoms with Gasteiger partial charge in [-0.15, -0.1) is 0 Å². The van der Waals surface area contributed by atoms with Crippen molar-refractivity contribution >= 4 is 17.8 Å². The first-order valence-corrected chi connectivity index (χ1v) is 6.68. The van der Waals surface area contributed by atoms with Gasteiger partial charge in [-0.2, -0.15) is 13.2 Å². The molecule has 0 radical (unpaired) electrons. The molecule has 2 aliphatic rings. The summed E-state index contributed by atoms with van der Waals surface area (Å²) in [4.78, 5) is 40.6. The number of hydrogen-bond donors (Lipinski definition) is 0. The van der Waals surface area contributed by atoms with Crippen LogP contribution in [0.15, 0.2) is 24.3 Å². The van der Waals surface area contributed by atoms with E-state index in [-0.39, 0.29) is 29.2 Å². The minimum Gasteiger partial charge on any atom is -0.368 e. The molecule has 0 bridgehead atoms. The third-order valence-electron chi connectivity index (χ3n) is 3.66. The van der Waals surface area contributed by atoms with Gasteiger partial charge in [0, 0.05) is 6.61 Å². The van der Waals surface area contributed by atoms with Crippen LogP contribution in [0.25, 0.3) is 0 Å². The fourth-order valence-corrected chi connectivity index (χ4v) is 2.56. The summed E-state index contributed by atoms with van der Waals surface area (Å²) in [6, 6.07) is 5.75. The van der Waals surface area contributed by atoms with Crippen LogP contribution in [0, 0.1) is 5.92 Å². The molecule has 0 aromatic heterocycles. The Morgan fingerprint density at radius 2 is 1.74 bits per heavy atom. The van der Waals surface area contributed by atoms with Gasteiger partial charge in [0.05, 0.1) is 17.0 Å². The van der Waals surface area contributed by atoms with Crippen molar-refractivity contribution in [2.24, 2.45) is 5.92 Å². The van der Waals surface area contributed by atoms with E-state index in [1.165, 1.54) is 24.3 Å². The molecule has 0 N–H and O–H groups in total. The molecule has 9 heteroatoms. The number of halogens is 3. The number of amides is 2. The van der Waals surface area contributed by atoms with E-state index in [0.29, 0.717) is 0 Å². The molecule has 2 heterocycles. The van der Waals surface area contributed by atoms with Crippen molar-refractivity contribution in [2.45, 2.75) is 18.7 Å². The fraction of sp³-hybridized carbons (Fsp3) is 0.357. The molecule has 3 rings (SSSR count). The molecule has 0 saturated carbocycles. The van der Waals surface area contributed by atoms with E-state index in [2.05, 4.69) is 9.57 Å². The van der Waals surface area contributed by atoms with Gasteiger partial charge in [-0.3, -0.25) is 9.59 Å². The van der Waals surface area contributed by atoms with E-state index in [4.69, 9.17) is 0 Å². The normalized spacial score (nSPS) is 24.0. The van der Waals surface area contributed by atoms with Gasteiger partial charge in [-0.25, -0.2) is 4.79 Å². The van der Waals surface area contributed by atoms with Crippen molar-refractivity contribution in [1.29, 1.82) is 0 Å². The van der Waals surface area contributed by atoms with E-state index in [0.717, 1.165) is 0 Å². The second-order valence-electron chi connectivity index (χ2n) is 5.09. The third kappa shape index (κ3) is 2.56. The van der Waals surface area contributed by atoms with Crippen LogP contribution < -0.4 is 0 Å². The van der Waals surface area contributed by atoms with E-state index >= 15 is 0 Å². The van der Waals surface area contributed by atoms with Crippen LogP contribution in [-0.4, -0.2) is 41.7 Å². The Morgan fingerprint density at radius 3 is 2.26 bits per heavy atom. The number of carbonyl (C=O) groups excluding carboxylic acids is 3. The summed E-state index contributed by atoms with van der Waals surface area (Å²) in [5.74, 6) is -4.71. The lowest BCUT2D eigenvalue weighted by molar-refractivity contribution is -0.224. The highest BCUT2D eigenvalue weighted by atomic mass is 19.4. The largest absolute Gasteiger partial charge is 0.415 e. The molecule has 1 fully saturated rings. The molecule has 0 spiro atoms. The second-order valence-corrected chi connectivity index (χ2v) is 5.09. The van der Waals surface area contributed by atoms with Crippen molar-refractivity contribution in [3.05, 3.63) is 35.4 Å². The van der Waals surface area contributed by atoms with Gasteiger partial charge >= 0.3 is 12.1 Å². The molecule has 122 valence electrons. The number of hydrogen-bond acceptors (Lipinski definition) is 5. The number of carbonyl (C=O) groups is 3. The molecule has 6 nitrogen and oxygen atoms in total. The molecule has 2 amide bonds. The number of ether oxygens (including phenoxy) is 1. The number of fused-ring (bicyclic) bond motifs is 1. The van der Waals surface area contributed by atoms with Crippen molar-refractivity contribution in [2.75, 3.05) is 6.61 Å². The Kier molecular flexibility index (Phi) is 3.59. The number of nitrogens with zero attached hydrogens (tertiary/aromatic N) is 1. The number of alkyl halides is 3. The van der Waals surface area contributed by atoms with Crippen LogP contribution in [0.5, 0.6) is 0 Å². The lowest BCUT2D eigenvalue weighted by Gasteiger charge is -2.21. The van der Waals surface area contributed by atoms with Crippen LogP contribution in [0.4, 0.5) is 13.2 Å². The van der Waals surface area contributed by atoms with Gasteiger partial charge in [-0.05, 0) is 18.6 Å². The molecule has 1 saturated heterocycles. The van der Waals surface area contributed by atoms with Crippen LogP contribution in [0.1, 0.15) is 27.1 Å². The Bertz CT molecular complexity index is 652. The van der Waals surface area contributed by atoms with E-state index < -0.39 is 36.0 Å². The topological polar surface area (TPSA) is 72.9 Å². The zero-order valence-electron chi connectivity index (χ0n) is 11.5. The van der Waals surface area contributed by atoms with Gasteiger partial charge in [0.2, 0.25) is 0 Å². The van der Waals surface area contributed by atoms with Gasteiger partial charge in [0.1, 0.15) is 0 Å². The highest BCUT2D eigenvalue weighted by molar-refractivity contribution is 6.20. The number of hydroxylamine groups is 2. The summed E-state index contributed by atoms with van der Waals surface area (Å²) < 4.78 is 42.8. The maximum atomic E-state index is 12.8. The Balaban J connectivity index is 1.77. The Labute approximate surface area is 127 Å². The standard InChI is InChI=1S/C14H10F3NO5/c15-14(16,17)10-9(5-6-22-10)13(21)23-18-11(19)7-3-1-2-4-8(7)12(18)20/h1-4,9-10H,5-6H2/t9-,10-/m1/s1. The average molecular weight is 329 g/mol. The van der Waals surface area contributed by atoms with Crippen LogP contribution in [-0.2, 0) is 14.4 Å². The molecule has 0 aliphatic carbocycles. The third-order valence-corrected chi connectivity index (χ3v) is 3.66. The fourth-order valence-electron chi connectivity index (χ4n) is 2.56. The molecule has 23 heavy (non-hydrogen) atoms. The quantitative estimate of drug-likeness (QED) is 0.772. The van der Waals surface area contributed by atoms with Gasteiger partial charge in [0.25, 0.3) is 11.8 Å². The molecular formula is C14H10F3NO5. The number of benzene rings is 1. The van der Waals surface area contributed by atoms with Crippen LogP contribution in [0.3, 0.4) is 0 Å². The minimum absolute atomic E-state index is 0.0281. The molecule has 0 unspecified atom stereocenters. The summed E-state index contributed by atoms with van der Waals surface area (Å²) in [5, 5.41) is 0.193. The van der Waals surface area contributed by atoms with Crippen molar-refractivity contribution in [3.63, 3.8) is 0 Å². The van der Waals surface area contributed by atoms with Gasteiger partial charge in [-0.1, -0.05) is 17.2 Å². The SMILES string of the molecule is O=C(ON1C(=O)c2ccccc2C1=O)[C@@H]1CCO[C@H]1C(F)(F)F. The van der Waals surface area contributed by atoms with E-state index in [1.807, 2.05) is 0 Å². The molecule has 2 aliphatic heterocycles. The first kappa shape index (κ1) is 15.5.